The summed E-state index contributed by atoms with van der Waals surface area (Å²) >= 11 is 1.62. The van der Waals surface area contributed by atoms with E-state index < -0.39 is 0 Å². The SMILES string of the molecule is C=CCn1c(SCc2cn3c(C)cc(C)nc3n2)nnc1-c1ccccc1. The highest BCUT2D eigenvalue weighted by Crippen LogP contribution is 2.26. The monoisotopic (exact) mass is 376 g/mol. The summed E-state index contributed by atoms with van der Waals surface area (Å²) < 4.78 is 4.10. The quantitative estimate of drug-likeness (QED) is 0.375. The first-order chi connectivity index (χ1) is 13.2. The molecule has 0 spiro atoms. The smallest absolute Gasteiger partial charge is 0.234 e. The molecule has 0 amide bonds. The number of rotatable bonds is 6. The number of aryl methyl sites for hydroxylation is 2. The highest BCUT2D eigenvalue weighted by Gasteiger charge is 2.14. The lowest BCUT2D eigenvalue weighted by Crippen LogP contribution is -2.00. The zero-order valence-electron chi connectivity index (χ0n) is 15.3. The van der Waals surface area contributed by atoms with E-state index in [9.17, 15) is 0 Å². The first kappa shape index (κ1) is 17.5. The van der Waals surface area contributed by atoms with Crippen LogP contribution in [0.25, 0.3) is 17.2 Å². The molecule has 0 N–H and O–H groups in total. The fourth-order valence-corrected chi connectivity index (χ4v) is 3.85. The Morgan fingerprint density at radius 3 is 2.70 bits per heavy atom. The molecule has 0 unspecified atom stereocenters. The average Bonchev–Trinajstić information content (AvgIpc) is 3.25. The van der Waals surface area contributed by atoms with Crippen molar-refractivity contribution in [3.05, 3.63) is 72.3 Å². The van der Waals surface area contributed by atoms with Gasteiger partial charge in [0.15, 0.2) is 11.0 Å². The van der Waals surface area contributed by atoms with E-state index in [1.807, 2.05) is 53.9 Å². The maximum atomic E-state index is 4.64. The van der Waals surface area contributed by atoms with Gasteiger partial charge in [-0.2, -0.15) is 0 Å². The van der Waals surface area contributed by atoms with E-state index in [1.165, 1.54) is 0 Å². The van der Waals surface area contributed by atoms with Crippen LogP contribution in [0.5, 0.6) is 0 Å². The summed E-state index contributed by atoms with van der Waals surface area (Å²) in [4.78, 5) is 9.14. The Balaban J connectivity index is 1.61. The summed E-state index contributed by atoms with van der Waals surface area (Å²) in [6.45, 7) is 8.57. The van der Waals surface area contributed by atoms with Crippen molar-refractivity contribution in [2.45, 2.75) is 31.3 Å². The van der Waals surface area contributed by atoms with Crippen LogP contribution in [-0.2, 0) is 12.3 Å². The number of benzene rings is 1. The standard InChI is InChI=1S/C20H20N6S/c1-4-10-25-18(16-8-6-5-7-9-16)23-24-20(25)27-13-17-12-26-15(3)11-14(2)21-19(26)22-17/h4-9,11-12H,1,10,13H2,2-3H3. The Hall–Kier alpha value is -2.93. The number of allylic oxidation sites excluding steroid dienone is 1. The molecule has 0 aliphatic heterocycles. The molecular formula is C20H20N6S. The summed E-state index contributed by atoms with van der Waals surface area (Å²) in [6, 6.07) is 12.1. The van der Waals surface area contributed by atoms with Gasteiger partial charge >= 0.3 is 0 Å². The van der Waals surface area contributed by atoms with Gasteiger partial charge in [-0.25, -0.2) is 9.97 Å². The minimum atomic E-state index is 0.657. The zero-order valence-corrected chi connectivity index (χ0v) is 16.1. The van der Waals surface area contributed by atoms with Crippen molar-refractivity contribution in [2.24, 2.45) is 0 Å². The number of nitrogens with zero attached hydrogens (tertiary/aromatic N) is 6. The highest BCUT2D eigenvalue weighted by molar-refractivity contribution is 7.98. The minimum absolute atomic E-state index is 0.657. The summed E-state index contributed by atoms with van der Waals surface area (Å²) in [5.41, 5.74) is 4.11. The number of hydrogen-bond acceptors (Lipinski definition) is 5. The van der Waals surface area contributed by atoms with Gasteiger partial charge in [0, 0.05) is 35.4 Å². The lowest BCUT2D eigenvalue weighted by molar-refractivity contribution is 0.731. The highest BCUT2D eigenvalue weighted by atomic mass is 32.2. The van der Waals surface area contributed by atoms with Gasteiger partial charge in [-0.3, -0.25) is 8.97 Å². The number of imidazole rings is 1. The predicted molar refractivity (Wildman–Crippen MR) is 108 cm³/mol. The molecule has 7 heteroatoms. The van der Waals surface area contributed by atoms with Gasteiger partial charge in [0.2, 0.25) is 5.78 Å². The third-order valence-corrected chi connectivity index (χ3v) is 5.22. The number of aromatic nitrogens is 6. The van der Waals surface area contributed by atoms with Gasteiger partial charge in [0.05, 0.1) is 5.69 Å². The largest absolute Gasteiger partial charge is 0.298 e. The van der Waals surface area contributed by atoms with Crippen LogP contribution >= 0.6 is 11.8 Å². The lowest BCUT2D eigenvalue weighted by atomic mass is 10.2. The first-order valence-corrected chi connectivity index (χ1v) is 9.69. The molecule has 3 aromatic heterocycles. The molecule has 0 fully saturated rings. The van der Waals surface area contributed by atoms with E-state index in [-0.39, 0.29) is 0 Å². The van der Waals surface area contributed by atoms with Crippen LogP contribution in [0.15, 0.2) is 60.4 Å². The molecule has 4 rings (SSSR count). The Bertz CT molecular complexity index is 1100. The van der Waals surface area contributed by atoms with Crippen LogP contribution in [0, 0.1) is 13.8 Å². The Morgan fingerprint density at radius 1 is 1.11 bits per heavy atom. The maximum Gasteiger partial charge on any atom is 0.234 e. The van der Waals surface area contributed by atoms with E-state index in [0.29, 0.717) is 12.3 Å². The van der Waals surface area contributed by atoms with Crippen molar-refractivity contribution in [3.63, 3.8) is 0 Å². The molecule has 0 aliphatic rings. The average molecular weight is 376 g/mol. The summed E-state index contributed by atoms with van der Waals surface area (Å²) in [7, 11) is 0. The fraction of sp³-hybridized carbons (Fsp3) is 0.200. The molecule has 6 nitrogen and oxygen atoms in total. The Kier molecular flexibility index (Phi) is 4.77. The van der Waals surface area contributed by atoms with Gasteiger partial charge in [-0.15, -0.1) is 16.8 Å². The van der Waals surface area contributed by atoms with E-state index in [4.69, 9.17) is 0 Å². The van der Waals surface area contributed by atoms with Gasteiger partial charge < -0.3 is 0 Å². The van der Waals surface area contributed by atoms with E-state index in [0.717, 1.165) is 39.4 Å². The van der Waals surface area contributed by atoms with Crippen molar-refractivity contribution in [1.29, 1.82) is 0 Å². The van der Waals surface area contributed by atoms with Crippen LogP contribution in [0.2, 0.25) is 0 Å². The van der Waals surface area contributed by atoms with E-state index in [1.54, 1.807) is 11.8 Å². The number of hydrogen-bond donors (Lipinski definition) is 0. The molecule has 0 atom stereocenters. The summed E-state index contributed by atoms with van der Waals surface area (Å²) in [5.74, 6) is 2.29. The van der Waals surface area contributed by atoms with Crippen LogP contribution in [0.1, 0.15) is 17.1 Å². The molecule has 3 heterocycles. The number of thioether (sulfide) groups is 1. The summed E-state index contributed by atoms with van der Waals surface area (Å²) in [6.07, 6.45) is 3.90. The van der Waals surface area contributed by atoms with Gasteiger partial charge in [0.25, 0.3) is 0 Å². The molecule has 136 valence electrons. The molecular weight excluding hydrogens is 356 g/mol. The Labute approximate surface area is 162 Å². The van der Waals surface area contributed by atoms with E-state index in [2.05, 4.69) is 44.3 Å². The molecule has 27 heavy (non-hydrogen) atoms. The van der Waals surface area contributed by atoms with Crippen molar-refractivity contribution in [2.75, 3.05) is 0 Å². The Morgan fingerprint density at radius 2 is 1.93 bits per heavy atom. The van der Waals surface area contributed by atoms with Crippen LogP contribution in [0.3, 0.4) is 0 Å². The van der Waals surface area contributed by atoms with Crippen LogP contribution in [0.4, 0.5) is 0 Å². The fourth-order valence-electron chi connectivity index (χ4n) is 3.02. The lowest BCUT2D eigenvalue weighted by Gasteiger charge is -2.07. The topological polar surface area (TPSA) is 60.9 Å². The molecule has 0 radical (unpaired) electrons. The number of fused-ring (bicyclic) bond motifs is 1. The molecule has 0 bridgehead atoms. The van der Waals surface area contributed by atoms with Gasteiger partial charge in [-0.05, 0) is 19.9 Å². The molecule has 0 saturated heterocycles. The van der Waals surface area contributed by atoms with Crippen LogP contribution < -0.4 is 0 Å². The predicted octanol–water partition coefficient (Wildman–Crippen LogP) is 4.08. The first-order valence-electron chi connectivity index (χ1n) is 8.70. The third kappa shape index (κ3) is 3.50. The second-order valence-corrected chi connectivity index (χ2v) is 7.24. The van der Waals surface area contributed by atoms with Gasteiger partial charge in [-0.1, -0.05) is 48.2 Å². The normalized spacial score (nSPS) is 11.2. The maximum absolute atomic E-state index is 4.64. The minimum Gasteiger partial charge on any atom is -0.298 e. The molecule has 0 saturated carbocycles. The summed E-state index contributed by atoms with van der Waals surface area (Å²) in [5, 5.41) is 9.64. The van der Waals surface area contributed by atoms with Gasteiger partial charge in [0.1, 0.15) is 0 Å². The van der Waals surface area contributed by atoms with Crippen molar-refractivity contribution < 1.29 is 0 Å². The van der Waals surface area contributed by atoms with Crippen molar-refractivity contribution >= 4 is 17.5 Å². The second kappa shape index (κ2) is 7.36. The zero-order chi connectivity index (χ0) is 18.8. The van der Waals surface area contributed by atoms with Crippen LogP contribution in [-0.4, -0.2) is 29.1 Å². The van der Waals surface area contributed by atoms with E-state index >= 15 is 0 Å². The van der Waals surface area contributed by atoms with Crippen molar-refractivity contribution in [1.82, 2.24) is 29.1 Å². The van der Waals surface area contributed by atoms with Crippen molar-refractivity contribution in [3.8, 4) is 11.4 Å². The second-order valence-electron chi connectivity index (χ2n) is 6.30. The molecule has 4 aromatic rings. The third-order valence-electron chi connectivity index (χ3n) is 4.22. The molecule has 0 aliphatic carbocycles. The molecule has 1 aromatic carbocycles.